The summed E-state index contributed by atoms with van der Waals surface area (Å²) < 4.78 is 47.4. The molecule has 0 aliphatic heterocycles. The maximum absolute atomic E-state index is 14.2. The Labute approximate surface area is 141 Å². The second-order valence-corrected chi connectivity index (χ2v) is 5.29. The summed E-state index contributed by atoms with van der Waals surface area (Å²) in [5, 5.41) is 0. The van der Waals surface area contributed by atoms with E-state index in [0.717, 1.165) is 24.3 Å². The number of ketones is 2. The summed E-state index contributed by atoms with van der Waals surface area (Å²) in [5.41, 5.74) is -0.669. The Morgan fingerprint density at radius 2 is 1.84 bits per heavy atom. The van der Waals surface area contributed by atoms with Crippen LogP contribution in [0.4, 0.5) is 13.2 Å². The first-order valence-electron chi connectivity index (χ1n) is 7.51. The lowest BCUT2D eigenvalue weighted by atomic mass is 9.84. The largest absolute Gasteiger partial charge is 0.466 e. The molecule has 1 atom stereocenters. The number of Topliss-reactive ketones (excluding diaryl/α,β-unsaturated/α-hetero) is 2. The fraction of sp³-hybridized carbons (Fsp3) is 0.353. The van der Waals surface area contributed by atoms with Crippen LogP contribution < -0.4 is 4.74 Å². The van der Waals surface area contributed by atoms with Crippen LogP contribution in [0.3, 0.4) is 0 Å². The maximum Gasteiger partial charge on any atom is 0.387 e. The molecule has 2 rings (SSSR count). The summed E-state index contributed by atoms with van der Waals surface area (Å²) in [6, 6.07) is 4.55. The number of benzene rings is 1. The Hall–Kier alpha value is -2.64. The zero-order chi connectivity index (χ0) is 18.6. The van der Waals surface area contributed by atoms with E-state index in [1.54, 1.807) is 6.92 Å². The van der Waals surface area contributed by atoms with Gasteiger partial charge in [0, 0.05) is 18.4 Å². The number of ether oxygens (including phenoxy) is 2. The molecule has 0 aromatic heterocycles. The summed E-state index contributed by atoms with van der Waals surface area (Å²) in [6.07, 6.45) is -0.710. The monoisotopic (exact) mass is 356 g/mol. The average molecular weight is 356 g/mol. The average Bonchev–Trinajstić information content (AvgIpc) is 2.54. The van der Waals surface area contributed by atoms with Gasteiger partial charge in [-0.15, -0.1) is 0 Å². The highest BCUT2D eigenvalue weighted by molar-refractivity contribution is 6.27. The molecule has 0 radical (unpaired) electrons. The van der Waals surface area contributed by atoms with E-state index in [1.807, 2.05) is 0 Å². The van der Waals surface area contributed by atoms with Crippen LogP contribution >= 0.6 is 0 Å². The zero-order valence-electron chi connectivity index (χ0n) is 13.3. The van der Waals surface area contributed by atoms with Crippen molar-refractivity contribution >= 4 is 17.5 Å². The molecule has 0 N–H and O–H groups in total. The van der Waals surface area contributed by atoms with Gasteiger partial charge in [-0.3, -0.25) is 14.4 Å². The third kappa shape index (κ3) is 4.46. The molecule has 0 saturated carbocycles. The van der Waals surface area contributed by atoms with E-state index < -0.39 is 47.9 Å². The minimum atomic E-state index is -3.01. The van der Waals surface area contributed by atoms with Crippen LogP contribution in [0.25, 0.3) is 0 Å². The normalized spacial score (nSPS) is 17.6. The first-order valence-corrected chi connectivity index (χ1v) is 7.51. The molecule has 1 aliphatic rings. The molecule has 0 fully saturated rings. The fourth-order valence-electron chi connectivity index (χ4n) is 2.48. The second kappa shape index (κ2) is 7.96. The van der Waals surface area contributed by atoms with Gasteiger partial charge in [-0.05, 0) is 31.2 Å². The summed E-state index contributed by atoms with van der Waals surface area (Å²) >= 11 is 0. The number of allylic oxidation sites excluding steroid dienone is 2. The van der Waals surface area contributed by atoms with Gasteiger partial charge in [0.25, 0.3) is 0 Å². The Bertz CT molecular complexity index is 709. The van der Waals surface area contributed by atoms with Gasteiger partial charge in [0.2, 0.25) is 0 Å². The van der Waals surface area contributed by atoms with Crippen LogP contribution in [0.1, 0.15) is 30.1 Å². The first-order chi connectivity index (χ1) is 11.8. The maximum atomic E-state index is 14.2. The third-order valence-corrected chi connectivity index (χ3v) is 3.60. The molecule has 8 heteroatoms. The molecule has 1 aromatic rings. The number of hydrogen-bond donors (Lipinski definition) is 0. The number of rotatable bonds is 6. The van der Waals surface area contributed by atoms with Crippen LogP contribution in [0.15, 0.2) is 35.7 Å². The summed E-state index contributed by atoms with van der Waals surface area (Å²) in [5.74, 6) is -4.45. The van der Waals surface area contributed by atoms with Gasteiger partial charge in [-0.2, -0.15) is 8.78 Å². The topological polar surface area (TPSA) is 69.7 Å². The molecule has 0 bridgehead atoms. The molecule has 0 heterocycles. The number of esters is 1. The van der Waals surface area contributed by atoms with Gasteiger partial charge in [-0.25, -0.2) is 4.39 Å². The van der Waals surface area contributed by atoms with Crippen molar-refractivity contribution in [2.75, 3.05) is 6.61 Å². The quantitative estimate of drug-likeness (QED) is 0.445. The van der Waals surface area contributed by atoms with Gasteiger partial charge >= 0.3 is 12.6 Å². The molecule has 0 amide bonds. The van der Waals surface area contributed by atoms with Crippen molar-refractivity contribution < 1.29 is 37.0 Å². The lowest BCUT2D eigenvalue weighted by molar-refractivity contribution is -0.149. The van der Waals surface area contributed by atoms with E-state index in [1.165, 1.54) is 0 Å². The van der Waals surface area contributed by atoms with Crippen molar-refractivity contribution in [3.63, 3.8) is 0 Å². The highest BCUT2D eigenvalue weighted by Crippen LogP contribution is 2.31. The smallest absolute Gasteiger partial charge is 0.387 e. The van der Waals surface area contributed by atoms with Crippen molar-refractivity contribution in [2.45, 2.75) is 26.4 Å². The Balaban J connectivity index is 2.19. The Morgan fingerprint density at radius 1 is 1.20 bits per heavy atom. The summed E-state index contributed by atoms with van der Waals surface area (Å²) in [4.78, 5) is 36.1. The minimum absolute atomic E-state index is 0.0466. The molecule has 1 unspecified atom stereocenters. The van der Waals surface area contributed by atoms with E-state index in [4.69, 9.17) is 4.74 Å². The summed E-state index contributed by atoms with van der Waals surface area (Å²) in [6.45, 7) is -1.32. The van der Waals surface area contributed by atoms with Crippen molar-refractivity contribution in [3.8, 4) is 5.75 Å². The molecule has 25 heavy (non-hydrogen) atoms. The van der Waals surface area contributed by atoms with Gasteiger partial charge in [0.15, 0.2) is 11.6 Å². The fourth-order valence-corrected chi connectivity index (χ4v) is 2.48. The molecule has 0 spiro atoms. The highest BCUT2D eigenvalue weighted by atomic mass is 19.3. The zero-order valence-corrected chi connectivity index (χ0v) is 13.3. The van der Waals surface area contributed by atoms with E-state index in [-0.39, 0.29) is 24.3 Å². The number of alkyl halides is 2. The van der Waals surface area contributed by atoms with E-state index in [9.17, 15) is 27.6 Å². The first kappa shape index (κ1) is 18.7. The van der Waals surface area contributed by atoms with Crippen LogP contribution in [-0.4, -0.2) is 30.8 Å². The SMILES string of the molecule is CCOC(=O)C1CC(=O)C(C(=O)c2ccc(OC(F)F)cc2)=C(F)C1. The van der Waals surface area contributed by atoms with Gasteiger partial charge in [-0.1, -0.05) is 0 Å². The molecular formula is C17H15F3O5. The molecule has 0 saturated heterocycles. The molecular weight excluding hydrogens is 341 g/mol. The van der Waals surface area contributed by atoms with Crippen LogP contribution in [0.5, 0.6) is 5.75 Å². The Morgan fingerprint density at radius 3 is 2.36 bits per heavy atom. The van der Waals surface area contributed by atoms with E-state index in [2.05, 4.69) is 4.74 Å². The van der Waals surface area contributed by atoms with Gasteiger partial charge in [0.1, 0.15) is 11.6 Å². The molecule has 134 valence electrons. The predicted octanol–water partition coefficient (Wildman–Crippen LogP) is 3.24. The van der Waals surface area contributed by atoms with Crippen LogP contribution in [-0.2, 0) is 14.3 Å². The number of carbonyl (C=O) groups excluding carboxylic acids is 3. The van der Waals surface area contributed by atoms with Crippen LogP contribution in [0.2, 0.25) is 0 Å². The van der Waals surface area contributed by atoms with Gasteiger partial charge < -0.3 is 9.47 Å². The standard InChI is InChI=1S/C17H15F3O5/c1-2-24-16(23)10-7-12(18)14(13(21)8-10)15(22)9-3-5-11(6-4-9)25-17(19)20/h3-6,10,17H,2,7-8H2,1H3. The number of halogens is 3. The van der Waals surface area contributed by atoms with Crippen LogP contribution in [0, 0.1) is 5.92 Å². The number of hydrogen-bond acceptors (Lipinski definition) is 5. The second-order valence-electron chi connectivity index (χ2n) is 5.29. The number of carbonyl (C=O) groups is 3. The van der Waals surface area contributed by atoms with Crippen molar-refractivity contribution in [1.29, 1.82) is 0 Å². The Kier molecular flexibility index (Phi) is 5.95. The minimum Gasteiger partial charge on any atom is -0.466 e. The molecule has 1 aromatic carbocycles. The highest BCUT2D eigenvalue weighted by Gasteiger charge is 2.36. The van der Waals surface area contributed by atoms with Crippen molar-refractivity contribution in [1.82, 2.24) is 0 Å². The third-order valence-electron chi connectivity index (χ3n) is 3.60. The van der Waals surface area contributed by atoms with Gasteiger partial charge in [0.05, 0.1) is 18.1 Å². The van der Waals surface area contributed by atoms with Crippen molar-refractivity contribution in [3.05, 3.63) is 41.2 Å². The van der Waals surface area contributed by atoms with Crippen molar-refractivity contribution in [2.24, 2.45) is 5.92 Å². The van der Waals surface area contributed by atoms with E-state index in [0.29, 0.717) is 0 Å². The lowest BCUT2D eigenvalue weighted by Gasteiger charge is -2.20. The molecule has 5 nitrogen and oxygen atoms in total. The summed E-state index contributed by atoms with van der Waals surface area (Å²) in [7, 11) is 0. The van der Waals surface area contributed by atoms with E-state index >= 15 is 0 Å². The molecule has 1 aliphatic carbocycles. The predicted molar refractivity (Wildman–Crippen MR) is 79.9 cm³/mol. The lowest BCUT2D eigenvalue weighted by Crippen LogP contribution is -2.29.